The molecule has 0 aliphatic heterocycles. The topological polar surface area (TPSA) is 69.9 Å². The fourth-order valence-corrected chi connectivity index (χ4v) is 0.830. The van der Waals surface area contributed by atoms with E-state index < -0.39 is 0 Å². The van der Waals surface area contributed by atoms with Gasteiger partial charge >= 0.3 is 0 Å². The second kappa shape index (κ2) is 2.21. The summed E-state index contributed by atoms with van der Waals surface area (Å²) in [6.45, 7) is 4.05. The van der Waals surface area contributed by atoms with E-state index in [2.05, 4.69) is 4.98 Å². The van der Waals surface area contributed by atoms with Gasteiger partial charge in [0.25, 0.3) is 0 Å². The highest BCUT2D eigenvalue weighted by Gasteiger charge is 2.08. The van der Waals surface area contributed by atoms with Gasteiger partial charge in [-0.1, -0.05) is 13.8 Å². The van der Waals surface area contributed by atoms with Crippen molar-refractivity contribution in [2.24, 2.45) is 0 Å². The van der Waals surface area contributed by atoms with E-state index in [1.165, 1.54) is 11.0 Å². The van der Waals surface area contributed by atoms with E-state index in [0.717, 1.165) is 5.69 Å². The average Bonchev–Trinajstić information content (AvgIpc) is 2.14. The number of hydrogen-bond acceptors (Lipinski definition) is 3. The van der Waals surface area contributed by atoms with Crippen molar-refractivity contribution in [3.05, 3.63) is 12.0 Å². The Kier molecular flexibility index (Phi) is 1.53. The third-order valence-corrected chi connectivity index (χ3v) is 1.41. The predicted molar refractivity (Wildman–Crippen MR) is 40.9 cm³/mol. The van der Waals surface area contributed by atoms with Gasteiger partial charge in [0.2, 0.25) is 0 Å². The summed E-state index contributed by atoms with van der Waals surface area (Å²) in [7, 11) is 0. The maximum atomic E-state index is 5.58. The van der Waals surface area contributed by atoms with Crippen LogP contribution in [0.4, 0.5) is 5.82 Å². The third-order valence-electron chi connectivity index (χ3n) is 1.41. The van der Waals surface area contributed by atoms with Gasteiger partial charge in [-0.15, -0.1) is 0 Å². The van der Waals surface area contributed by atoms with Crippen molar-refractivity contribution in [1.82, 2.24) is 9.66 Å². The lowest BCUT2D eigenvalue weighted by atomic mass is 10.1. The number of rotatable bonds is 1. The SMILES string of the molecule is CC(C)c1ncn(N)c1N. The molecular weight excluding hydrogens is 128 g/mol. The third kappa shape index (κ3) is 0.920. The number of imidazole rings is 1. The lowest BCUT2D eigenvalue weighted by molar-refractivity contribution is 0.835. The van der Waals surface area contributed by atoms with Crippen LogP contribution in [0.5, 0.6) is 0 Å². The summed E-state index contributed by atoms with van der Waals surface area (Å²) < 4.78 is 1.33. The maximum Gasteiger partial charge on any atom is 0.145 e. The molecule has 4 N–H and O–H groups in total. The highest BCUT2D eigenvalue weighted by atomic mass is 15.3. The number of aromatic nitrogens is 2. The van der Waals surface area contributed by atoms with Crippen molar-refractivity contribution in [3.8, 4) is 0 Å². The number of anilines is 1. The Balaban J connectivity index is 3.05. The Morgan fingerprint density at radius 1 is 1.60 bits per heavy atom. The first-order valence-electron chi connectivity index (χ1n) is 3.20. The second-order valence-corrected chi connectivity index (χ2v) is 2.58. The Labute approximate surface area is 59.8 Å². The molecule has 56 valence electrons. The second-order valence-electron chi connectivity index (χ2n) is 2.58. The van der Waals surface area contributed by atoms with Crippen LogP contribution in [0.1, 0.15) is 25.5 Å². The lowest BCUT2D eigenvalue weighted by Gasteiger charge is -2.01. The molecule has 1 aromatic rings. The van der Waals surface area contributed by atoms with Gasteiger partial charge in [-0.25, -0.2) is 9.66 Å². The molecule has 1 rings (SSSR count). The molecular formula is C6H12N4. The largest absolute Gasteiger partial charge is 0.382 e. The molecule has 0 fully saturated rings. The van der Waals surface area contributed by atoms with E-state index in [0.29, 0.717) is 11.7 Å². The van der Waals surface area contributed by atoms with Gasteiger partial charge in [0.15, 0.2) is 0 Å². The molecule has 0 saturated carbocycles. The smallest absolute Gasteiger partial charge is 0.145 e. The van der Waals surface area contributed by atoms with Gasteiger partial charge in [-0.3, -0.25) is 0 Å². The number of nitrogens with two attached hydrogens (primary N) is 2. The summed E-state index contributed by atoms with van der Waals surface area (Å²) in [5, 5.41) is 0. The molecule has 1 heterocycles. The first kappa shape index (κ1) is 6.92. The molecule has 4 heteroatoms. The molecule has 10 heavy (non-hydrogen) atoms. The van der Waals surface area contributed by atoms with Crippen molar-refractivity contribution in [3.63, 3.8) is 0 Å². The van der Waals surface area contributed by atoms with Gasteiger partial charge in [0.05, 0.1) is 5.69 Å². The van der Waals surface area contributed by atoms with Gasteiger partial charge < -0.3 is 11.6 Å². The molecule has 0 atom stereocenters. The van der Waals surface area contributed by atoms with Crippen molar-refractivity contribution in [2.75, 3.05) is 11.6 Å². The van der Waals surface area contributed by atoms with Crippen LogP contribution in [0.3, 0.4) is 0 Å². The van der Waals surface area contributed by atoms with E-state index in [4.69, 9.17) is 11.6 Å². The summed E-state index contributed by atoms with van der Waals surface area (Å²) in [5.74, 6) is 6.30. The standard InChI is InChI=1S/C6H12N4/c1-4(2)5-6(7)10(8)3-9-5/h3-4H,7-8H2,1-2H3. The zero-order valence-corrected chi connectivity index (χ0v) is 6.20. The minimum atomic E-state index is 0.338. The van der Waals surface area contributed by atoms with Crippen LogP contribution in [0, 0.1) is 0 Å². The molecule has 4 nitrogen and oxygen atoms in total. The maximum absolute atomic E-state index is 5.58. The van der Waals surface area contributed by atoms with Gasteiger partial charge in [-0.05, 0) is 5.92 Å². The molecule has 0 unspecified atom stereocenters. The van der Waals surface area contributed by atoms with Crippen LogP contribution in [0.15, 0.2) is 6.33 Å². The first-order valence-corrected chi connectivity index (χ1v) is 3.20. The molecule has 1 aromatic heterocycles. The van der Waals surface area contributed by atoms with Crippen LogP contribution in [-0.2, 0) is 0 Å². The van der Waals surface area contributed by atoms with Crippen molar-refractivity contribution in [2.45, 2.75) is 19.8 Å². The molecule has 0 amide bonds. The van der Waals surface area contributed by atoms with Crippen LogP contribution in [0.25, 0.3) is 0 Å². The summed E-state index contributed by atoms with van der Waals surface area (Å²) in [6, 6.07) is 0. The number of nitrogens with zero attached hydrogens (tertiary/aromatic N) is 2. The molecule has 0 saturated heterocycles. The highest BCUT2D eigenvalue weighted by Crippen LogP contribution is 2.17. The van der Waals surface area contributed by atoms with Crippen LogP contribution in [-0.4, -0.2) is 9.66 Å². The molecule has 0 spiro atoms. The predicted octanol–water partition coefficient (Wildman–Crippen LogP) is 0.303. The Hall–Kier alpha value is -1.19. The van der Waals surface area contributed by atoms with Crippen molar-refractivity contribution < 1.29 is 0 Å². The van der Waals surface area contributed by atoms with Gasteiger partial charge in [0.1, 0.15) is 12.1 Å². The van der Waals surface area contributed by atoms with E-state index >= 15 is 0 Å². The molecule has 0 aromatic carbocycles. The van der Waals surface area contributed by atoms with Crippen LogP contribution in [0.2, 0.25) is 0 Å². The summed E-state index contributed by atoms with van der Waals surface area (Å²) in [6.07, 6.45) is 1.52. The van der Waals surface area contributed by atoms with Gasteiger partial charge in [0, 0.05) is 0 Å². The average molecular weight is 140 g/mol. The molecule has 0 aliphatic rings. The van der Waals surface area contributed by atoms with Crippen LogP contribution < -0.4 is 11.6 Å². The van der Waals surface area contributed by atoms with Crippen molar-refractivity contribution >= 4 is 5.82 Å². The Morgan fingerprint density at radius 2 is 2.20 bits per heavy atom. The van der Waals surface area contributed by atoms with E-state index in [-0.39, 0.29) is 0 Å². The fourth-order valence-electron chi connectivity index (χ4n) is 0.830. The monoisotopic (exact) mass is 140 g/mol. The van der Waals surface area contributed by atoms with Crippen LogP contribution >= 0.6 is 0 Å². The minimum Gasteiger partial charge on any atom is -0.382 e. The van der Waals surface area contributed by atoms with Gasteiger partial charge in [-0.2, -0.15) is 0 Å². The van der Waals surface area contributed by atoms with E-state index in [1.54, 1.807) is 0 Å². The number of nitrogen functional groups attached to an aromatic ring is 2. The summed E-state index contributed by atoms with van der Waals surface area (Å²) >= 11 is 0. The number of hydrogen-bond donors (Lipinski definition) is 2. The Morgan fingerprint density at radius 3 is 2.40 bits per heavy atom. The molecule has 0 aliphatic carbocycles. The van der Waals surface area contributed by atoms with E-state index in [9.17, 15) is 0 Å². The molecule has 0 radical (unpaired) electrons. The minimum absolute atomic E-state index is 0.338. The normalized spacial score (nSPS) is 10.7. The Bertz CT molecular complexity index is 226. The zero-order valence-electron chi connectivity index (χ0n) is 6.20. The first-order chi connectivity index (χ1) is 4.63. The highest BCUT2D eigenvalue weighted by molar-refractivity contribution is 5.37. The fraction of sp³-hybridized carbons (Fsp3) is 0.500. The van der Waals surface area contributed by atoms with Crippen molar-refractivity contribution in [1.29, 1.82) is 0 Å². The van der Waals surface area contributed by atoms with E-state index in [1.807, 2.05) is 13.8 Å². The quantitative estimate of drug-likeness (QED) is 0.551. The lowest BCUT2D eigenvalue weighted by Crippen LogP contribution is -2.10. The zero-order chi connectivity index (χ0) is 7.72. The molecule has 0 bridgehead atoms. The summed E-state index contributed by atoms with van der Waals surface area (Å²) in [4.78, 5) is 4.03. The summed E-state index contributed by atoms with van der Waals surface area (Å²) in [5.41, 5.74) is 6.44.